The van der Waals surface area contributed by atoms with E-state index in [1.54, 1.807) is 55.5 Å². The first kappa shape index (κ1) is 21.9. The Bertz CT molecular complexity index is 1300. The third kappa shape index (κ3) is 4.43. The highest BCUT2D eigenvalue weighted by Gasteiger charge is 2.34. The van der Waals surface area contributed by atoms with Crippen LogP contribution in [0.25, 0.3) is 10.9 Å². The van der Waals surface area contributed by atoms with E-state index in [-0.39, 0.29) is 11.7 Å². The first-order valence-electron chi connectivity index (χ1n) is 11.2. The van der Waals surface area contributed by atoms with Crippen molar-refractivity contribution in [3.63, 3.8) is 0 Å². The molecule has 2 aromatic heterocycles. The van der Waals surface area contributed by atoms with Crippen LogP contribution in [0.3, 0.4) is 0 Å². The highest BCUT2D eigenvalue weighted by atomic mass is 16.5. The quantitative estimate of drug-likeness (QED) is 0.569. The third-order valence-corrected chi connectivity index (χ3v) is 5.92. The summed E-state index contributed by atoms with van der Waals surface area (Å²) in [6, 6.07) is 8.45. The summed E-state index contributed by atoms with van der Waals surface area (Å²) in [5.41, 5.74) is 0.517. The first-order chi connectivity index (χ1) is 16.4. The number of pyridine rings is 1. The zero-order valence-corrected chi connectivity index (χ0v) is 19.0. The Morgan fingerprint density at radius 1 is 1.18 bits per heavy atom. The van der Waals surface area contributed by atoms with Gasteiger partial charge in [0.1, 0.15) is 5.75 Å². The number of aromatic nitrogens is 3. The monoisotopic (exact) mass is 463 g/mol. The average molecular weight is 463 g/mol. The molecule has 0 spiro atoms. The van der Waals surface area contributed by atoms with Crippen LogP contribution in [-0.4, -0.2) is 65.0 Å². The molecule has 176 valence electrons. The van der Waals surface area contributed by atoms with E-state index in [0.717, 1.165) is 0 Å². The molecule has 0 bridgehead atoms. The van der Waals surface area contributed by atoms with Crippen LogP contribution in [0.1, 0.15) is 29.9 Å². The fourth-order valence-electron chi connectivity index (χ4n) is 3.80. The second kappa shape index (κ2) is 8.77. The van der Waals surface area contributed by atoms with Crippen molar-refractivity contribution in [2.45, 2.75) is 25.4 Å². The highest BCUT2D eigenvalue weighted by Crippen LogP contribution is 2.30. The second-order valence-electron chi connectivity index (χ2n) is 8.79. The number of ether oxygens (including phenoxy) is 2. The maximum Gasteiger partial charge on any atom is 0.289 e. The third-order valence-electron chi connectivity index (χ3n) is 5.92. The topological polar surface area (TPSA) is 118 Å². The molecule has 34 heavy (non-hydrogen) atoms. The molecular weight excluding hydrogens is 438 g/mol. The minimum atomic E-state index is -0.646. The summed E-state index contributed by atoms with van der Waals surface area (Å²) in [6.07, 6.45) is 3.84. The molecule has 1 aromatic carbocycles. The molecule has 1 atom stereocenters. The van der Waals surface area contributed by atoms with Gasteiger partial charge in [-0.2, -0.15) is 0 Å². The van der Waals surface area contributed by atoms with E-state index in [1.165, 1.54) is 17.7 Å². The summed E-state index contributed by atoms with van der Waals surface area (Å²) in [6.45, 7) is 1.13. The summed E-state index contributed by atoms with van der Waals surface area (Å²) < 4.78 is 11.5. The molecule has 10 heteroatoms. The van der Waals surface area contributed by atoms with Crippen molar-refractivity contribution in [2.24, 2.45) is 5.92 Å². The van der Waals surface area contributed by atoms with Gasteiger partial charge in [0.15, 0.2) is 11.9 Å². The zero-order chi connectivity index (χ0) is 23.8. The molecular formula is C24H25N5O5. The Kier molecular flexibility index (Phi) is 5.64. The number of fused-ring (bicyclic) bond motifs is 1. The molecule has 10 nitrogen and oxygen atoms in total. The fourth-order valence-corrected chi connectivity index (χ4v) is 3.80. The molecule has 5 rings (SSSR count). The molecule has 0 radical (unpaired) electrons. The molecule has 1 aliphatic heterocycles. The highest BCUT2D eigenvalue weighted by molar-refractivity contribution is 6.00. The number of amides is 2. The van der Waals surface area contributed by atoms with E-state index < -0.39 is 17.6 Å². The summed E-state index contributed by atoms with van der Waals surface area (Å²) >= 11 is 0. The van der Waals surface area contributed by atoms with Crippen molar-refractivity contribution < 1.29 is 19.1 Å². The van der Waals surface area contributed by atoms with Crippen LogP contribution in [0.15, 0.2) is 41.3 Å². The van der Waals surface area contributed by atoms with Gasteiger partial charge < -0.3 is 24.3 Å². The fraction of sp³-hybridized carbons (Fsp3) is 0.375. The number of rotatable bonds is 7. The van der Waals surface area contributed by atoms with E-state index >= 15 is 0 Å². The number of H-pyrrole nitrogens is 1. The zero-order valence-electron chi connectivity index (χ0n) is 19.0. The number of aromatic amines is 1. The second-order valence-corrected chi connectivity index (χ2v) is 8.79. The van der Waals surface area contributed by atoms with Gasteiger partial charge in [0.2, 0.25) is 5.88 Å². The van der Waals surface area contributed by atoms with Gasteiger partial charge in [0, 0.05) is 38.8 Å². The van der Waals surface area contributed by atoms with Gasteiger partial charge in [0.25, 0.3) is 17.4 Å². The predicted molar refractivity (Wildman–Crippen MR) is 124 cm³/mol. The normalized spacial score (nSPS) is 17.8. The standard InChI is InChI=1S/C24H25N5O5/c1-28(2)24(32)21-26-18-7-5-15(11-17(18)22(30)27-21)29-10-9-19(23(29)31)34-16-6-8-20(25-12-16)33-13-14-3-4-14/h5-8,11-12,14,19H,3-4,9-10,13H2,1-2H3,(H,26,27,30). The lowest BCUT2D eigenvalue weighted by atomic mass is 10.2. The summed E-state index contributed by atoms with van der Waals surface area (Å²) in [4.78, 5) is 51.7. The number of benzene rings is 1. The van der Waals surface area contributed by atoms with Gasteiger partial charge in [-0.3, -0.25) is 14.4 Å². The van der Waals surface area contributed by atoms with Crippen LogP contribution in [-0.2, 0) is 4.79 Å². The molecule has 1 unspecified atom stereocenters. The number of carbonyl (C=O) groups is 2. The van der Waals surface area contributed by atoms with Crippen molar-refractivity contribution in [3.05, 3.63) is 52.7 Å². The van der Waals surface area contributed by atoms with Crippen molar-refractivity contribution in [1.82, 2.24) is 19.9 Å². The van der Waals surface area contributed by atoms with E-state index in [4.69, 9.17) is 9.47 Å². The molecule has 3 aromatic rings. The van der Waals surface area contributed by atoms with Gasteiger partial charge in [-0.05, 0) is 43.0 Å². The number of carbonyl (C=O) groups excluding carboxylic acids is 2. The average Bonchev–Trinajstić information content (AvgIpc) is 3.60. The minimum Gasteiger partial charge on any atom is -0.479 e. The maximum atomic E-state index is 13.0. The van der Waals surface area contributed by atoms with Gasteiger partial charge >= 0.3 is 0 Å². The minimum absolute atomic E-state index is 0.0291. The van der Waals surface area contributed by atoms with Gasteiger partial charge in [-0.25, -0.2) is 9.97 Å². The molecule has 1 aliphatic carbocycles. The van der Waals surface area contributed by atoms with E-state index in [2.05, 4.69) is 15.0 Å². The molecule has 2 aliphatic rings. The van der Waals surface area contributed by atoms with Crippen molar-refractivity contribution in [2.75, 3.05) is 32.1 Å². The lowest BCUT2D eigenvalue weighted by molar-refractivity contribution is -0.122. The number of anilines is 1. The van der Waals surface area contributed by atoms with Gasteiger partial charge in [-0.15, -0.1) is 0 Å². The number of nitrogens with one attached hydrogen (secondary N) is 1. The largest absolute Gasteiger partial charge is 0.479 e. The summed E-state index contributed by atoms with van der Waals surface area (Å²) in [5, 5.41) is 0.302. The van der Waals surface area contributed by atoms with E-state index in [9.17, 15) is 14.4 Å². The SMILES string of the molecule is CN(C)C(=O)c1nc2ccc(N3CCC(Oc4ccc(OCC5CC5)nc4)C3=O)cc2c(=O)[nH]1. The number of hydrogen-bond acceptors (Lipinski definition) is 7. The van der Waals surface area contributed by atoms with Crippen molar-refractivity contribution in [1.29, 1.82) is 0 Å². The van der Waals surface area contributed by atoms with Crippen molar-refractivity contribution in [3.8, 4) is 11.6 Å². The Morgan fingerprint density at radius 3 is 2.71 bits per heavy atom. The Balaban J connectivity index is 1.29. The van der Waals surface area contributed by atoms with Crippen LogP contribution in [0.4, 0.5) is 5.69 Å². The molecule has 2 amide bonds. The Morgan fingerprint density at radius 2 is 2.00 bits per heavy atom. The molecule has 2 fully saturated rings. The number of nitrogens with zero attached hydrogens (tertiary/aromatic N) is 4. The first-order valence-corrected chi connectivity index (χ1v) is 11.2. The Hall–Kier alpha value is -3.95. The maximum absolute atomic E-state index is 13.0. The predicted octanol–water partition coefficient (Wildman–Crippen LogP) is 1.99. The van der Waals surface area contributed by atoms with Crippen LogP contribution in [0.2, 0.25) is 0 Å². The Labute approximate surface area is 195 Å². The lowest BCUT2D eigenvalue weighted by Gasteiger charge is -2.18. The lowest BCUT2D eigenvalue weighted by Crippen LogP contribution is -2.32. The van der Waals surface area contributed by atoms with E-state index in [0.29, 0.717) is 53.7 Å². The van der Waals surface area contributed by atoms with Crippen LogP contribution in [0, 0.1) is 5.92 Å². The summed E-state index contributed by atoms with van der Waals surface area (Å²) in [7, 11) is 3.17. The summed E-state index contributed by atoms with van der Waals surface area (Å²) in [5.74, 6) is 1.06. The molecule has 3 heterocycles. The van der Waals surface area contributed by atoms with Crippen LogP contribution >= 0.6 is 0 Å². The molecule has 1 saturated carbocycles. The molecule has 1 N–H and O–H groups in total. The number of hydrogen-bond donors (Lipinski definition) is 1. The van der Waals surface area contributed by atoms with Crippen LogP contribution in [0.5, 0.6) is 11.6 Å². The van der Waals surface area contributed by atoms with Crippen molar-refractivity contribution >= 4 is 28.4 Å². The van der Waals surface area contributed by atoms with Gasteiger partial charge in [0.05, 0.1) is 23.7 Å². The molecule has 1 saturated heterocycles. The smallest absolute Gasteiger partial charge is 0.289 e. The van der Waals surface area contributed by atoms with Crippen LogP contribution < -0.4 is 19.9 Å². The van der Waals surface area contributed by atoms with Gasteiger partial charge in [-0.1, -0.05) is 0 Å². The van der Waals surface area contributed by atoms with E-state index in [1.807, 2.05) is 0 Å².